The minimum Gasteiger partial charge on any atom is -0.483 e. The molecule has 0 unspecified atom stereocenters. The van der Waals surface area contributed by atoms with Crippen LogP contribution in [-0.4, -0.2) is 102 Å². The van der Waals surface area contributed by atoms with E-state index in [9.17, 15) is 30.6 Å². The molecule has 0 bridgehead atoms. The molecule has 0 aliphatic heterocycles. The van der Waals surface area contributed by atoms with Gasteiger partial charge in [0.1, 0.15) is 17.2 Å². The van der Waals surface area contributed by atoms with Crippen molar-refractivity contribution in [3.05, 3.63) is 306 Å². The Bertz CT molecular complexity index is 5220. The van der Waals surface area contributed by atoms with Crippen molar-refractivity contribution in [2.75, 3.05) is 54.3 Å². The number of fused-ring (bicyclic) bond motifs is 9. The van der Waals surface area contributed by atoms with Crippen LogP contribution in [0.2, 0.25) is 0 Å². The first-order valence-corrected chi connectivity index (χ1v) is 41.1. The predicted molar refractivity (Wildman–Crippen MR) is 470 cm³/mol. The summed E-state index contributed by atoms with van der Waals surface area (Å²) in [6, 6.07) is 95.3. The summed E-state index contributed by atoms with van der Waals surface area (Å²) >= 11 is 0. The van der Waals surface area contributed by atoms with Crippen LogP contribution in [0, 0.1) is 0 Å². The van der Waals surface area contributed by atoms with E-state index in [0.717, 1.165) is 123 Å². The highest BCUT2D eigenvalue weighted by molar-refractivity contribution is 5.92. The summed E-state index contributed by atoms with van der Waals surface area (Å²) in [7, 11) is 0. The number of aliphatic hydroxyl groups is 6. The second-order valence-electron chi connectivity index (χ2n) is 32.3. The Labute approximate surface area is 686 Å². The molecule has 15 heteroatoms. The Morgan fingerprint density at radius 3 is 0.692 bits per heavy atom. The molecule has 0 saturated carbocycles. The van der Waals surface area contributed by atoms with Gasteiger partial charge >= 0.3 is 0 Å². The van der Waals surface area contributed by atoms with Crippen molar-refractivity contribution >= 4 is 51.2 Å². The van der Waals surface area contributed by atoms with Gasteiger partial charge in [0.2, 0.25) is 0 Å². The van der Waals surface area contributed by atoms with Crippen molar-refractivity contribution in [3.8, 4) is 84.8 Å². The lowest BCUT2D eigenvalue weighted by Gasteiger charge is -2.32. The molecule has 1 heterocycles. The van der Waals surface area contributed by atoms with Gasteiger partial charge in [-0.15, -0.1) is 0 Å². The highest BCUT2D eigenvalue weighted by atomic mass is 16.5. The molecule has 0 fully saturated rings. The summed E-state index contributed by atoms with van der Waals surface area (Å²) in [5.41, 5.74) is 20.5. The third-order valence-corrected chi connectivity index (χ3v) is 25.2. The molecular weight excluding hydrogens is 1450 g/mol. The largest absolute Gasteiger partial charge is 0.483 e. The molecule has 13 aromatic rings. The molecule has 0 amide bonds. The summed E-state index contributed by atoms with van der Waals surface area (Å²) in [4.78, 5) is 23.7. The van der Waals surface area contributed by atoms with E-state index in [4.69, 9.17) is 29.2 Å². The first-order valence-electron chi connectivity index (χ1n) is 41.1. The summed E-state index contributed by atoms with van der Waals surface area (Å²) in [6.45, 7) is 16.7. The highest BCUT2D eigenvalue weighted by Gasteiger charge is 2.45. The van der Waals surface area contributed by atoms with Crippen LogP contribution < -0.4 is 28.9 Å². The maximum Gasteiger partial charge on any atom is 0.164 e. The molecule has 12 aromatic carbocycles. The lowest BCUT2D eigenvalue weighted by atomic mass is 9.73. The molecule has 1 aromatic heterocycles. The predicted octanol–water partition coefficient (Wildman–Crippen LogP) is 21.9. The van der Waals surface area contributed by atoms with Crippen LogP contribution in [-0.2, 0) is 16.2 Å². The summed E-state index contributed by atoms with van der Waals surface area (Å²) < 4.78 is 18.9. The first-order chi connectivity index (χ1) is 56.8. The fourth-order valence-corrected chi connectivity index (χ4v) is 18.4. The number of benzene rings is 12. The fraction of sp³-hybridized carbons (Fsp3) is 0.265. The van der Waals surface area contributed by atoms with Crippen molar-refractivity contribution in [2.45, 2.75) is 134 Å². The van der Waals surface area contributed by atoms with Crippen molar-refractivity contribution < 1.29 is 44.8 Å². The summed E-state index contributed by atoms with van der Waals surface area (Å²) in [5, 5.41) is 61.7. The van der Waals surface area contributed by atoms with Gasteiger partial charge in [0.25, 0.3) is 0 Å². The number of rotatable bonds is 30. The third kappa shape index (κ3) is 14.0. The van der Waals surface area contributed by atoms with Crippen molar-refractivity contribution in [1.29, 1.82) is 0 Å². The Morgan fingerprint density at radius 2 is 0.462 bits per heavy atom. The Balaban J connectivity index is 0.828. The minimum absolute atomic E-state index is 0.355. The zero-order chi connectivity index (χ0) is 81.6. The zero-order valence-corrected chi connectivity index (χ0v) is 68.1. The number of hydrogen-bond donors (Lipinski definition) is 6. The van der Waals surface area contributed by atoms with Crippen LogP contribution in [0.4, 0.5) is 51.2 Å². The maximum absolute atomic E-state index is 10.3. The van der Waals surface area contributed by atoms with Gasteiger partial charge < -0.3 is 59.5 Å². The molecule has 15 nitrogen and oxygen atoms in total. The molecule has 3 aliphatic carbocycles. The molecule has 3 aliphatic rings. The standard InChI is InChI=1S/C102H102N6O9/c1-10-100(11-2)88-52-67(40-46-82(88)85-49-43-76(58-91(85)100)106(70-28-19-16-20-29-70)73-34-25-37-79(55-73)115-97(7,61-109)62-110)94-103-95(68-41-47-83-86-50-44-77(59-92(86)101(12-3,13-4)89(83)53-68)107(71-30-21-17-22-31-71)74-35-26-38-80(56-74)116-98(8,63-111)64-112)105-96(104-94)69-42-48-84-87-51-45-78(60-93(87)102(14-5,15-6)90(84)54-69)108(72-32-23-18-24-33-72)75-36-27-39-81(57-75)117-99(9,65-113)66-114/h16-60,109-114H,10-15,61-66H2,1-9H3. The number of hydrogen-bond acceptors (Lipinski definition) is 15. The Hall–Kier alpha value is -11.8. The molecule has 594 valence electrons. The Morgan fingerprint density at radius 1 is 0.248 bits per heavy atom. The van der Waals surface area contributed by atoms with Crippen LogP contribution >= 0.6 is 0 Å². The lowest BCUT2D eigenvalue weighted by molar-refractivity contribution is -0.0194. The van der Waals surface area contributed by atoms with E-state index in [1.807, 2.05) is 109 Å². The summed E-state index contributed by atoms with van der Waals surface area (Å²) in [6.07, 6.45) is 4.90. The van der Waals surface area contributed by atoms with E-state index >= 15 is 0 Å². The number of ether oxygens (including phenoxy) is 3. The average molecular weight is 1560 g/mol. The van der Waals surface area contributed by atoms with Crippen molar-refractivity contribution in [2.24, 2.45) is 0 Å². The topological polar surface area (TPSA) is 197 Å². The number of nitrogens with zero attached hydrogens (tertiary/aromatic N) is 6. The normalized spacial score (nSPS) is 13.9. The van der Waals surface area contributed by atoms with Gasteiger partial charge in [-0.3, -0.25) is 0 Å². The molecule has 0 atom stereocenters. The van der Waals surface area contributed by atoms with Crippen LogP contribution in [0.3, 0.4) is 0 Å². The van der Waals surface area contributed by atoms with E-state index in [1.54, 1.807) is 20.8 Å². The highest BCUT2D eigenvalue weighted by Crippen LogP contribution is 2.59. The van der Waals surface area contributed by atoms with Gasteiger partial charge in [-0.05, 0) is 253 Å². The van der Waals surface area contributed by atoms with Crippen molar-refractivity contribution in [1.82, 2.24) is 15.0 Å². The average Bonchev–Trinajstić information content (AvgIpc) is 1.57. The van der Waals surface area contributed by atoms with E-state index < -0.39 is 33.0 Å². The van der Waals surface area contributed by atoms with E-state index in [2.05, 4.69) is 220 Å². The van der Waals surface area contributed by atoms with Crippen LogP contribution in [0.15, 0.2) is 273 Å². The zero-order valence-electron chi connectivity index (χ0n) is 68.1. The lowest BCUT2D eigenvalue weighted by Crippen LogP contribution is -2.40. The molecule has 16 rings (SSSR count). The molecule has 0 spiro atoms. The SMILES string of the molecule is CCC1(CC)c2cc(-c3nc(-c4ccc5c(c4)C(CC)(CC)c4cc(N(c6ccccc6)c6cccc(OC(C)(CO)CO)c6)ccc4-5)nc(-c4ccc5c(c4)C(CC)(CC)c4cc(N(c6ccccc6)c6cccc(OC(C)(CO)CO)c6)ccc4-5)n3)ccc2-c2ccc(N(c3ccccc3)c3cccc(OC(C)(CO)CO)c3)cc21. The number of aromatic nitrogens is 3. The molecule has 6 N–H and O–H groups in total. The number of anilines is 9. The number of para-hydroxylation sites is 3. The second-order valence-corrected chi connectivity index (χ2v) is 32.3. The minimum atomic E-state index is -1.18. The molecule has 0 radical (unpaired) electrons. The van der Waals surface area contributed by atoms with Crippen LogP contribution in [0.5, 0.6) is 17.2 Å². The maximum atomic E-state index is 10.3. The smallest absolute Gasteiger partial charge is 0.164 e. The monoisotopic (exact) mass is 1550 g/mol. The van der Waals surface area contributed by atoms with E-state index in [1.165, 1.54) is 50.1 Å². The van der Waals surface area contributed by atoms with Crippen LogP contribution in [0.1, 0.15) is 134 Å². The van der Waals surface area contributed by atoms with E-state index in [0.29, 0.717) is 34.7 Å². The first kappa shape index (κ1) is 79.1. The Kier molecular flexibility index (Phi) is 21.6. The van der Waals surface area contributed by atoms with E-state index in [-0.39, 0.29) is 39.6 Å². The van der Waals surface area contributed by atoms with Gasteiger partial charge in [-0.1, -0.05) is 169 Å². The second kappa shape index (κ2) is 32.0. The van der Waals surface area contributed by atoms with Gasteiger partial charge in [0.05, 0.1) is 39.6 Å². The number of aliphatic hydroxyl groups excluding tert-OH is 6. The fourth-order valence-electron chi connectivity index (χ4n) is 18.4. The van der Waals surface area contributed by atoms with Gasteiger partial charge in [0, 0.05) is 102 Å². The van der Waals surface area contributed by atoms with Gasteiger partial charge in [-0.2, -0.15) is 0 Å². The molecule has 117 heavy (non-hydrogen) atoms. The molecular formula is C102H102N6O9. The molecule has 0 saturated heterocycles. The summed E-state index contributed by atoms with van der Waals surface area (Å²) in [5.74, 6) is 3.25. The van der Waals surface area contributed by atoms with Crippen molar-refractivity contribution in [3.63, 3.8) is 0 Å². The van der Waals surface area contributed by atoms with Gasteiger partial charge in [0.15, 0.2) is 34.3 Å². The van der Waals surface area contributed by atoms with Crippen LogP contribution in [0.25, 0.3) is 67.5 Å². The van der Waals surface area contributed by atoms with Gasteiger partial charge in [-0.25, -0.2) is 15.0 Å². The quantitative estimate of drug-likeness (QED) is 0.0248. The third-order valence-electron chi connectivity index (χ3n) is 25.2.